The third-order valence-electron chi connectivity index (χ3n) is 5.50. The van der Waals surface area contributed by atoms with Gasteiger partial charge in [-0.3, -0.25) is 4.90 Å². The minimum atomic E-state index is 0.257. The van der Waals surface area contributed by atoms with Crippen molar-refractivity contribution in [1.29, 1.82) is 0 Å². The van der Waals surface area contributed by atoms with Crippen LogP contribution in [-0.4, -0.2) is 54.1 Å². The summed E-state index contributed by atoms with van der Waals surface area (Å²) >= 11 is 0. The topological polar surface area (TPSA) is 32.5 Å². The van der Waals surface area contributed by atoms with Crippen molar-refractivity contribution in [3.63, 3.8) is 0 Å². The van der Waals surface area contributed by atoms with E-state index >= 15 is 0 Å². The zero-order chi connectivity index (χ0) is 13.3. The zero-order valence-electron chi connectivity index (χ0n) is 12.7. The molecule has 1 atom stereocenters. The standard InChI is InChI=1S/C15H31N3/c1-12(2)18-9-7-15(11-16,8-10-18)17(4)13(3)14-5-6-14/h12-14H,5-11,16H2,1-4H3. The average molecular weight is 253 g/mol. The van der Waals surface area contributed by atoms with Crippen molar-refractivity contribution in [2.45, 2.75) is 64.1 Å². The van der Waals surface area contributed by atoms with Crippen LogP contribution in [0.5, 0.6) is 0 Å². The van der Waals surface area contributed by atoms with Gasteiger partial charge in [0.25, 0.3) is 0 Å². The number of likely N-dealkylation sites (N-methyl/N-ethyl adjacent to an activating group) is 1. The second-order valence-corrected chi connectivity index (χ2v) is 6.75. The van der Waals surface area contributed by atoms with Crippen LogP contribution in [-0.2, 0) is 0 Å². The predicted octanol–water partition coefficient (Wildman–Crippen LogP) is 1.92. The van der Waals surface area contributed by atoms with Gasteiger partial charge in [-0.15, -0.1) is 0 Å². The second kappa shape index (κ2) is 5.48. The Balaban J connectivity index is 1.98. The Morgan fingerprint density at radius 2 is 1.78 bits per heavy atom. The van der Waals surface area contributed by atoms with E-state index in [0.29, 0.717) is 12.1 Å². The van der Waals surface area contributed by atoms with Crippen molar-refractivity contribution in [3.8, 4) is 0 Å². The van der Waals surface area contributed by atoms with Crippen LogP contribution in [0.2, 0.25) is 0 Å². The lowest BCUT2D eigenvalue weighted by molar-refractivity contribution is 0.00749. The molecular formula is C15H31N3. The smallest absolute Gasteiger partial charge is 0.0355 e. The van der Waals surface area contributed by atoms with Crippen molar-refractivity contribution < 1.29 is 0 Å². The number of hydrogen-bond acceptors (Lipinski definition) is 3. The molecule has 3 heteroatoms. The summed E-state index contributed by atoms with van der Waals surface area (Å²) in [5.74, 6) is 0.932. The number of likely N-dealkylation sites (tertiary alicyclic amines) is 1. The third kappa shape index (κ3) is 2.73. The minimum Gasteiger partial charge on any atom is -0.329 e. The van der Waals surface area contributed by atoms with Crippen LogP contribution >= 0.6 is 0 Å². The molecule has 106 valence electrons. The maximum absolute atomic E-state index is 6.16. The highest BCUT2D eigenvalue weighted by atomic mass is 15.3. The lowest BCUT2D eigenvalue weighted by Crippen LogP contribution is -2.61. The van der Waals surface area contributed by atoms with E-state index in [2.05, 4.69) is 37.6 Å². The minimum absolute atomic E-state index is 0.257. The van der Waals surface area contributed by atoms with Crippen LogP contribution in [0.1, 0.15) is 46.5 Å². The summed E-state index contributed by atoms with van der Waals surface area (Å²) in [4.78, 5) is 5.20. The summed E-state index contributed by atoms with van der Waals surface area (Å²) in [5, 5.41) is 0. The van der Waals surface area contributed by atoms with Gasteiger partial charge in [0.1, 0.15) is 0 Å². The summed E-state index contributed by atoms with van der Waals surface area (Å²) in [6.07, 6.45) is 5.30. The molecule has 0 spiro atoms. The first kappa shape index (κ1) is 14.3. The van der Waals surface area contributed by atoms with Crippen LogP contribution in [0.4, 0.5) is 0 Å². The molecule has 18 heavy (non-hydrogen) atoms. The van der Waals surface area contributed by atoms with Crippen molar-refractivity contribution in [2.24, 2.45) is 11.7 Å². The van der Waals surface area contributed by atoms with Gasteiger partial charge >= 0.3 is 0 Å². The maximum atomic E-state index is 6.16. The molecular weight excluding hydrogens is 222 g/mol. The van der Waals surface area contributed by atoms with Gasteiger partial charge in [-0.2, -0.15) is 0 Å². The first-order valence-corrected chi connectivity index (χ1v) is 7.67. The van der Waals surface area contributed by atoms with E-state index in [0.717, 1.165) is 12.5 Å². The number of rotatable bonds is 5. The molecule has 0 radical (unpaired) electrons. The lowest BCUT2D eigenvalue weighted by Gasteiger charge is -2.50. The van der Waals surface area contributed by atoms with E-state index in [1.165, 1.54) is 38.8 Å². The first-order chi connectivity index (χ1) is 8.50. The molecule has 0 amide bonds. The Bertz CT molecular complexity index is 265. The summed E-state index contributed by atoms with van der Waals surface area (Å²) in [6.45, 7) is 10.2. The predicted molar refractivity (Wildman–Crippen MR) is 77.7 cm³/mol. The van der Waals surface area contributed by atoms with E-state index < -0.39 is 0 Å². The Kier molecular flexibility index (Phi) is 4.35. The Labute approximate surface area is 113 Å². The summed E-state index contributed by atoms with van der Waals surface area (Å²) in [5.41, 5.74) is 6.42. The first-order valence-electron chi connectivity index (χ1n) is 7.67. The molecule has 0 aromatic carbocycles. The molecule has 3 nitrogen and oxygen atoms in total. The van der Waals surface area contributed by atoms with Gasteiger partial charge in [0.15, 0.2) is 0 Å². The summed E-state index contributed by atoms with van der Waals surface area (Å²) < 4.78 is 0. The third-order valence-corrected chi connectivity index (χ3v) is 5.50. The van der Waals surface area contributed by atoms with Crippen LogP contribution in [0.15, 0.2) is 0 Å². The van der Waals surface area contributed by atoms with Gasteiger partial charge < -0.3 is 10.6 Å². The number of nitrogens with zero attached hydrogens (tertiary/aromatic N) is 2. The Hall–Kier alpha value is -0.120. The second-order valence-electron chi connectivity index (χ2n) is 6.75. The molecule has 1 saturated carbocycles. The molecule has 0 bridgehead atoms. The maximum Gasteiger partial charge on any atom is 0.0355 e. The van der Waals surface area contributed by atoms with E-state index in [1.807, 2.05) is 0 Å². The van der Waals surface area contributed by atoms with E-state index in [-0.39, 0.29) is 5.54 Å². The number of piperidine rings is 1. The molecule has 1 aliphatic carbocycles. The van der Waals surface area contributed by atoms with Crippen molar-refractivity contribution in [2.75, 3.05) is 26.7 Å². The van der Waals surface area contributed by atoms with Crippen LogP contribution < -0.4 is 5.73 Å². The average Bonchev–Trinajstić information content (AvgIpc) is 3.21. The quantitative estimate of drug-likeness (QED) is 0.812. The van der Waals surface area contributed by atoms with Crippen molar-refractivity contribution in [3.05, 3.63) is 0 Å². The molecule has 1 heterocycles. The Morgan fingerprint density at radius 3 is 2.17 bits per heavy atom. The molecule has 1 aliphatic heterocycles. The summed E-state index contributed by atoms with van der Waals surface area (Å²) in [7, 11) is 2.31. The molecule has 2 rings (SSSR count). The molecule has 0 aromatic heterocycles. The molecule has 1 unspecified atom stereocenters. The fraction of sp³-hybridized carbons (Fsp3) is 1.00. The van der Waals surface area contributed by atoms with Crippen LogP contribution in [0.3, 0.4) is 0 Å². The summed E-state index contributed by atoms with van der Waals surface area (Å²) in [6, 6.07) is 1.38. The SMILES string of the molecule is CC(C)N1CCC(CN)(N(C)C(C)C2CC2)CC1. The fourth-order valence-electron chi connectivity index (χ4n) is 3.48. The lowest BCUT2D eigenvalue weighted by atomic mass is 9.84. The molecule has 2 aliphatic rings. The van der Waals surface area contributed by atoms with Crippen LogP contribution in [0, 0.1) is 5.92 Å². The highest BCUT2D eigenvalue weighted by Gasteiger charge is 2.42. The monoisotopic (exact) mass is 253 g/mol. The van der Waals surface area contributed by atoms with Crippen LogP contribution in [0.25, 0.3) is 0 Å². The van der Waals surface area contributed by atoms with Crippen molar-refractivity contribution >= 4 is 0 Å². The van der Waals surface area contributed by atoms with Crippen molar-refractivity contribution in [1.82, 2.24) is 9.80 Å². The fourth-order valence-corrected chi connectivity index (χ4v) is 3.48. The highest BCUT2D eigenvalue weighted by Crippen LogP contribution is 2.39. The molecule has 2 N–H and O–H groups in total. The normalized spacial score (nSPS) is 26.8. The number of nitrogens with two attached hydrogens (primary N) is 1. The molecule has 1 saturated heterocycles. The van der Waals surface area contributed by atoms with E-state index in [1.54, 1.807) is 0 Å². The zero-order valence-corrected chi connectivity index (χ0v) is 12.7. The van der Waals surface area contributed by atoms with Gasteiger partial charge in [-0.05, 0) is 59.4 Å². The molecule has 2 fully saturated rings. The van der Waals surface area contributed by atoms with E-state index in [4.69, 9.17) is 5.73 Å². The largest absolute Gasteiger partial charge is 0.329 e. The number of hydrogen-bond donors (Lipinski definition) is 1. The molecule has 0 aromatic rings. The van der Waals surface area contributed by atoms with Gasteiger partial charge in [-0.25, -0.2) is 0 Å². The van der Waals surface area contributed by atoms with Gasteiger partial charge in [0.2, 0.25) is 0 Å². The van der Waals surface area contributed by atoms with E-state index in [9.17, 15) is 0 Å². The van der Waals surface area contributed by atoms with Gasteiger partial charge in [-0.1, -0.05) is 0 Å². The van der Waals surface area contributed by atoms with Gasteiger partial charge in [0, 0.05) is 37.3 Å². The van der Waals surface area contributed by atoms with Gasteiger partial charge in [0.05, 0.1) is 0 Å². The highest BCUT2D eigenvalue weighted by molar-refractivity contribution is 4.99. The Morgan fingerprint density at radius 1 is 1.22 bits per heavy atom.